The van der Waals surface area contributed by atoms with Crippen LogP contribution >= 0.6 is 11.6 Å². The Hall–Kier alpha value is -2.34. The molecule has 6 nitrogen and oxygen atoms in total. The van der Waals surface area contributed by atoms with Gasteiger partial charge in [0.1, 0.15) is 11.5 Å². The van der Waals surface area contributed by atoms with Gasteiger partial charge in [-0.05, 0) is 6.92 Å². The van der Waals surface area contributed by atoms with Crippen molar-refractivity contribution in [1.82, 2.24) is 4.98 Å². The van der Waals surface area contributed by atoms with Crippen LogP contribution in [0.1, 0.15) is 6.92 Å². The van der Waals surface area contributed by atoms with Crippen molar-refractivity contribution < 1.29 is 9.66 Å². The lowest BCUT2D eigenvalue weighted by atomic mass is 10.2. The fraction of sp³-hybridized carbons (Fsp3) is 0.154. The minimum absolute atomic E-state index is 0.0477. The Bertz CT molecular complexity index is 634. The number of nitrogens with one attached hydrogen (secondary N) is 1. The zero-order chi connectivity index (χ0) is 14.5. The van der Waals surface area contributed by atoms with Crippen molar-refractivity contribution in [3.05, 3.63) is 51.8 Å². The number of benzene rings is 1. The Morgan fingerprint density at radius 1 is 1.30 bits per heavy atom. The van der Waals surface area contributed by atoms with Gasteiger partial charge >= 0.3 is 0 Å². The summed E-state index contributed by atoms with van der Waals surface area (Å²) in [5.74, 6) is 0.764. The predicted octanol–water partition coefficient (Wildman–Crippen LogP) is 3.87. The van der Waals surface area contributed by atoms with Gasteiger partial charge in [0.2, 0.25) is 0 Å². The van der Waals surface area contributed by atoms with Crippen molar-refractivity contribution in [2.75, 3.05) is 11.9 Å². The molecular weight excluding hydrogens is 282 g/mol. The highest BCUT2D eigenvalue weighted by atomic mass is 35.5. The van der Waals surface area contributed by atoms with Crippen LogP contribution in [-0.2, 0) is 0 Å². The quantitative estimate of drug-likeness (QED) is 0.669. The van der Waals surface area contributed by atoms with Gasteiger partial charge in [-0.2, -0.15) is 0 Å². The topological polar surface area (TPSA) is 77.3 Å². The molecule has 0 aliphatic heterocycles. The summed E-state index contributed by atoms with van der Waals surface area (Å²) in [6, 6.07) is 6.06. The number of halogens is 1. The van der Waals surface area contributed by atoms with Gasteiger partial charge in [-0.3, -0.25) is 15.1 Å². The number of nitro benzene ring substituents is 1. The Morgan fingerprint density at radius 2 is 2.10 bits per heavy atom. The summed E-state index contributed by atoms with van der Waals surface area (Å²) in [4.78, 5) is 14.3. The summed E-state index contributed by atoms with van der Waals surface area (Å²) in [5, 5.41) is 14.3. The van der Waals surface area contributed by atoms with Crippen LogP contribution in [0.2, 0.25) is 5.02 Å². The molecule has 104 valence electrons. The van der Waals surface area contributed by atoms with Crippen molar-refractivity contribution in [3.63, 3.8) is 0 Å². The first kappa shape index (κ1) is 14.1. The first-order valence-electron chi connectivity index (χ1n) is 5.90. The van der Waals surface area contributed by atoms with Crippen molar-refractivity contribution in [2.45, 2.75) is 6.92 Å². The highest BCUT2D eigenvalue weighted by Crippen LogP contribution is 2.30. The second-order valence-electron chi connectivity index (χ2n) is 3.94. The molecule has 1 aromatic carbocycles. The van der Waals surface area contributed by atoms with Gasteiger partial charge in [0.05, 0.1) is 22.2 Å². The van der Waals surface area contributed by atoms with E-state index < -0.39 is 4.92 Å². The average Bonchev–Trinajstić information content (AvgIpc) is 2.38. The Labute approximate surface area is 120 Å². The molecule has 0 bridgehead atoms. The summed E-state index contributed by atoms with van der Waals surface area (Å²) in [6.07, 6.45) is 2.96. The number of aromatic nitrogens is 1. The highest BCUT2D eigenvalue weighted by molar-refractivity contribution is 6.30. The first-order chi connectivity index (χ1) is 9.58. The number of hydrogen-bond donors (Lipinski definition) is 1. The van der Waals surface area contributed by atoms with E-state index in [4.69, 9.17) is 16.3 Å². The lowest BCUT2D eigenvalue weighted by Crippen LogP contribution is -1.98. The summed E-state index contributed by atoms with van der Waals surface area (Å²) in [7, 11) is 0. The van der Waals surface area contributed by atoms with Crippen LogP contribution in [0.3, 0.4) is 0 Å². The molecule has 7 heteroatoms. The van der Waals surface area contributed by atoms with Gasteiger partial charge in [-0.1, -0.05) is 11.6 Å². The molecule has 2 aromatic rings. The van der Waals surface area contributed by atoms with E-state index in [0.717, 1.165) is 0 Å². The number of pyridine rings is 1. The summed E-state index contributed by atoms with van der Waals surface area (Å²) < 4.78 is 5.55. The second kappa shape index (κ2) is 6.21. The van der Waals surface area contributed by atoms with Gasteiger partial charge in [0, 0.05) is 36.6 Å². The number of anilines is 1. The number of rotatable bonds is 5. The summed E-state index contributed by atoms with van der Waals surface area (Å²) in [6.45, 7) is 2.56. The molecule has 0 saturated heterocycles. The molecule has 0 spiro atoms. The molecule has 0 aliphatic carbocycles. The largest absolute Gasteiger partial charge is 0.455 e. The number of ether oxygens (including phenoxy) is 1. The van der Waals surface area contributed by atoms with Crippen LogP contribution in [0, 0.1) is 10.1 Å². The third-order valence-electron chi connectivity index (χ3n) is 2.40. The van der Waals surface area contributed by atoms with Crippen LogP contribution in [-0.4, -0.2) is 16.5 Å². The molecule has 1 aromatic heterocycles. The molecule has 2 rings (SSSR count). The average molecular weight is 294 g/mol. The first-order valence-corrected chi connectivity index (χ1v) is 6.28. The van der Waals surface area contributed by atoms with Crippen molar-refractivity contribution in [1.29, 1.82) is 0 Å². The fourth-order valence-corrected chi connectivity index (χ4v) is 1.80. The van der Waals surface area contributed by atoms with Gasteiger partial charge in [-0.25, -0.2) is 0 Å². The number of hydrogen-bond acceptors (Lipinski definition) is 5. The molecule has 0 aliphatic rings. The third-order valence-corrected chi connectivity index (χ3v) is 2.61. The number of non-ortho nitro benzene ring substituents is 1. The van der Waals surface area contributed by atoms with Gasteiger partial charge < -0.3 is 10.1 Å². The number of nitro groups is 1. The van der Waals surface area contributed by atoms with Crippen LogP contribution in [0.4, 0.5) is 11.4 Å². The van der Waals surface area contributed by atoms with Crippen molar-refractivity contribution >= 4 is 23.0 Å². The molecule has 1 N–H and O–H groups in total. The highest BCUT2D eigenvalue weighted by Gasteiger charge is 2.11. The molecule has 20 heavy (non-hydrogen) atoms. The van der Waals surface area contributed by atoms with E-state index >= 15 is 0 Å². The van der Waals surface area contributed by atoms with Crippen molar-refractivity contribution in [3.8, 4) is 11.5 Å². The number of nitrogens with zero attached hydrogens (tertiary/aromatic N) is 2. The Kier molecular flexibility index (Phi) is 4.37. The van der Waals surface area contributed by atoms with E-state index in [1.807, 2.05) is 6.92 Å². The molecule has 0 saturated carbocycles. The Morgan fingerprint density at radius 3 is 2.75 bits per heavy atom. The van der Waals surface area contributed by atoms with Gasteiger partial charge in [0.25, 0.3) is 5.69 Å². The standard InChI is InChI=1S/C13H12ClN3O3/c1-2-16-10-4-11(17(18)19)6-12(5-10)20-13-3-9(14)7-15-8-13/h3-8,16H,2H2,1H3. The maximum atomic E-state index is 10.9. The molecule has 0 fully saturated rings. The lowest BCUT2D eigenvalue weighted by molar-refractivity contribution is -0.384. The summed E-state index contributed by atoms with van der Waals surface area (Å²) >= 11 is 5.81. The molecule has 0 atom stereocenters. The van der Waals surface area contributed by atoms with E-state index in [-0.39, 0.29) is 5.69 Å². The van der Waals surface area contributed by atoms with Crippen LogP contribution < -0.4 is 10.1 Å². The van der Waals surface area contributed by atoms with Gasteiger partial charge in [-0.15, -0.1) is 0 Å². The van der Waals surface area contributed by atoms with E-state index in [1.165, 1.54) is 24.5 Å². The lowest BCUT2D eigenvalue weighted by Gasteiger charge is -2.08. The maximum absolute atomic E-state index is 10.9. The van der Waals surface area contributed by atoms with E-state index in [1.54, 1.807) is 12.1 Å². The molecule has 0 amide bonds. The predicted molar refractivity (Wildman–Crippen MR) is 76.6 cm³/mol. The van der Waals surface area contributed by atoms with Crippen LogP contribution in [0.5, 0.6) is 11.5 Å². The maximum Gasteiger partial charge on any atom is 0.275 e. The molecular formula is C13H12ClN3O3. The zero-order valence-electron chi connectivity index (χ0n) is 10.7. The normalized spacial score (nSPS) is 10.1. The molecule has 0 radical (unpaired) electrons. The van der Waals surface area contributed by atoms with E-state index in [9.17, 15) is 10.1 Å². The monoisotopic (exact) mass is 293 g/mol. The summed E-state index contributed by atoms with van der Waals surface area (Å²) in [5.41, 5.74) is 0.570. The van der Waals surface area contributed by atoms with Crippen LogP contribution in [0.15, 0.2) is 36.7 Å². The fourth-order valence-electron chi connectivity index (χ4n) is 1.64. The van der Waals surface area contributed by atoms with Gasteiger partial charge in [0.15, 0.2) is 0 Å². The third kappa shape index (κ3) is 3.58. The van der Waals surface area contributed by atoms with E-state index in [2.05, 4.69) is 10.3 Å². The molecule has 1 heterocycles. The second-order valence-corrected chi connectivity index (χ2v) is 4.38. The van der Waals surface area contributed by atoms with Crippen LogP contribution in [0.25, 0.3) is 0 Å². The van der Waals surface area contributed by atoms with E-state index in [0.29, 0.717) is 28.8 Å². The minimum Gasteiger partial charge on any atom is -0.455 e. The smallest absolute Gasteiger partial charge is 0.275 e. The molecule has 0 unspecified atom stereocenters. The van der Waals surface area contributed by atoms with Crippen molar-refractivity contribution in [2.24, 2.45) is 0 Å². The SMILES string of the molecule is CCNc1cc(Oc2cncc(Cl)c2)cc([N+](=O)[O-])c1. The zero-order valence-corrected chi connectivity index (χ0v) is 11.4. The Balaban J connectivity index is 2.32. The minimum atomic E-state index is -0.468.